The van der Waals surface area contributed by atoms with E-state index in [1.54, 1.807) is 0 Å². The van der Waals surface area contributed by atoms with Crippen molar-refractivity contribution in [1.82, 2.24) is 25.3 Å². The van der Waals surface area contributed by atoms with Gasteiger partial charge in [-0.05, 0) is 30.7 Å². The highest BCUT2D eigenvalue weighted by atomic mass is 16.4. The number of fused-ring (bicyclic) bond motifs is 1. The number of carboxylic acid groups (broad SMARTS) is 2. The van der Waals surface area contributed by atoms with Gasteiger partial charge in [-0.15, -0.1) is 0 Å². The highest BCUT2D eigenvalue weighted by Crippen LogP contribution is 2.19. The number of amides is 2. The molecular formula is C21H21N7O7. The van der Waals surface area contributed by atoms with E-state index in [2.05, 4.69) is 25.3 Å². The van der Waals surface area contributed by atoms with Crippen molar-refractivity contribution in [3.63, 3.8) is 0 Å². The number of carbonyl (C=O) groups excluding carboxylic acids is 2. The van der Waals surface area contributed by atoms with Gasteiger partial charge in [-0.2, -0.15) is 4.98 Å². The fourth-order valence-electron chi connectivity index (χ4n) is 3.15. The molecule has 3 aromatic rings. The van der Waals surface area contributed by atoms with Crippen molar-refractivity contribution in [2.45, 2.75) is 32.4 Å². The van der Waals surface area contributed by atoms with Crippen LogP contribution in [0, 0.1) is 0 Å². The fourth-order valence-corrected chi connectivity index (χ4v) is 3.15. The third kappa shape index (κ3) is 6.13. The van der Waals surface area contributed by atoms with Gasteiger partial charge in [0.15, 0.2) is 11.2 Å². The standard InChI is InChI=1S/C21H21N7O7/c1-10(29)28(9-12-8-23-17-16(24-12)19(33)27-21(22)26-17)13-4-2-11(3-5-13)18(32)25-14(20(34)35)6-7-15(30)31/h2-5,8,14H,6-7,9H2,1H3,(H,25,32)(H,30,31)(H,34,35)(H3,22,23,26,27,33). The van der Waals surface area contributed by atoms with Crippen LogP contribution in [-0.2, 0) is 20.9 Å². The van der Waals surface area contributed by atoms with Crippen molar-refractivity contribution >= 4 is 46.6 Å². The summed E-state index contributed by atoms with van der Waals surface area (Å²) in [6, 6.07) is 4.37. The Morgan fingerprint density at radius 2 is 1.83 bits per heavy atom. The summed E-state index contributed by atoms with van der Waals surface area (Å²) in [7, 11) is 0. The zero-order valence-corrected chi connectivity index (χ0v) is 18.4. The van der Waals surface area contributed by atoms with Gasteiger partial charge in [-0.25, -0.2) is 14.8 Å². The topological polar surface area (TPSA) is 222 Å². The van der Waals surface area contributed by atoms with Crippen molar-refractivity contribution in [2.75, 3.05) is 10.6 Å². The molecule has 0 spiro atoms. The molecule has 14 heteroatoms. The second-order valence-corrected chi connectivity index (χ2v) is 7.43. The Kier molecular flexibility index (Phi) is 7.34. The molecule has 0 bridgehead atoms. The lowest BCUT2D eigenvalue weighted by atomic mass is 10.1. The van der Waals surface area contributed by atoms with E-state index in [1.165, 1.54) is 42.3 Å². The summed E-state index contributed by atoms with van der Waals surface area (Å²) in [5, 5.41) is 20.2. The molecule has 1 aromatic carbocycles. The van der Waals surface area contributed by atoms with Gasteiger partial charge in [0, 0.05) is 24.6 Å². The molecule has 0 saturated heterocycles. The van der Waals surface area contributed by atoms with Crippen LogP contribution in [0.1, 0.15) is 35.8 Å². The Bertz CT molecular complexity index is 1350. The number of aliphatic carboxylic acids is 2. The van der Waals surface area contributed by atoms with Gasteiger partial charge >= 0.3 is 11.9 Å². The van der Waals surface area contributed by atoms with E-state index < -0.39 is 35.9 Å². The van der Waals surface area contributed by atoms with Crippen LogP contribution in [0.15, 0.2) is 35.3 Å². The van der Waals surface area contributed by atoms with Crippen LogP contribution in [0.2, 0.25) is 0 Å². The molecule has 182 valence electrons. The van der Waals surface area contributed by atoms with Crippen LogP contribution in [0.5, 0.6) is 0 Å². The Morgan fingerprint density at radius 3 is 2.43 bits per heavy atom. The number of rotatable bonds is 9. The first-order valence-electron chi connectivity index (χ1n) is 10.2. The lowest BCUT2D eigenvalue weighted by Crippen LogP contribution is -2.41. The third-order valence-electron chi connectivity index (χ3n) is 4.88. The second kappa shape index (κ2) is 10.4. The first-order chi connectivity index (χ1) is 16.5. The van der Waals surface area contributed by atoms with Crippen LogP contribution in [0.25, 0.3) is 11.2 Å². The molecule has 1 atom stereocenters. The number of nitrogen functional groups attached to an aromatic ring is 1. The Balaban J connectivity index is 1.78. The molecule has 0 aliphatic carbocycles. The molecule has 0 aliphatic rings. The number of carbonyl (C=O) groups is 4. The van der Waals surface area contributed by atoms with E-state index in [-0.39, 0.29) is 41.5 Å². The van der Waals surface area contributed by atoms with Gasteiger partial charge in [0.1, 0.15) is 6.04 Å². The molecule has 0 aliphatic heterocycles. The number of carboxylic acids is 2. The minimum Gasteiger partial charge on any atom is -0.481 e. The Labute approximate surface area is 196 Å². The van der Waals surface area contributed by atoms with E-state index in [0.29, 0.717) is 11.4 Å². The van der Waals surface area contributed by atoms with Gasteiger partial charge in [-0.3, -0.25) is 24.2 Å². The predicted octanol–water partition coefficient (Wildman–Crippen LogP) is -0.104. The summed E-state index contributed by atoms with van der Waals surface area (Å²) in [6.45, 7) is 1.29. The molecule has 6 N–H and O–H groups in total. The van der Waals surface area contributed by atoms with Crippen molar-refractivity contribution in [3.8, 4) is 0 Å². The van der Waals surface area contributed by atoms with Gasteiger partial charge in [-0.1, -0.05) is 0 Å². The number of aromatic nitrogens is 4. The molecular weight excluding hydrogens is 462 g/mol. The van der Waals surface area contributed by atoms with E-state index >= 15 is 0 Å². The normalized spacial score (nSPS) is 11.6. The minimum atomic E-state index is -1.37. The van der Waals surface area contributed by atoms with Gasteiger partial charge in [0.05, 0.1) is 18.4 Å². The maximum Gasteiger partial charge on any atom is 0.326 e. The Morgan fingerprint density at radius 1 is 1.14 bits per heavy atom. The fraction of sp³-hybridized carbons (Fsp3) is 0.238. The van der Waals surface area contributed by atoms with E-state index in [0.717, 1.165) is 0 Å². The molecule has 3 rings (SSSR count). The average Bonchev–Trinajstić information content (AvgIpc) is 2.79. The zero-order valence-electron chi connectivity index (χ0n) is 18.4. The van der Waals surface area contributed by atoms with Crippen LogP contribution in [0.3, 0.4) is 0 Å². The van der Waals surface area contributed by atoms with Gasteiger partial charge in [0.2, 0.25) is 11.9 Å². The largest absolute Gasteiger partial charge is 0.481 e. The average molecular weight is 483 g/mol. The molecule has 0 radical (unpaired) electrons. The molecule has 2 aromatic heterocycles. The lowest BCUT2D eigenvalue weighted by Gasteiger charge is -2.21. The number of nitrogens with zero attached hydrogens (tertiary/aromatic N) is 4. The number of benzene rings is 1. The summed E-state index contributed by atoms with van der Waals surface area (Å²) >= 11 is 0. The summed E-state index contributed by atoms with van der Waals surface area (Å²) < 4.78 is 0. The van der Waals surface area contributed by atoms with E-state index in [4.69, 9.17) is 10.8 Å². The summed E-state index contributed by atoms with van der Waals surface area (Å²) in [4.78, 5) is 74.6. The van der Waals surface area contributed by atoms with Crippen LogP contribution < -0.4 is 21.5 Å². The van der Waals surface area contributed by atoms with Crippen molar-refractivity contribution in [2.24, 2.45) is 0 Å². The van der Waals surface area contributed by atoms with Crippen LogP contribution >= 0.6 is 0 Å². The number of hydrogen-bond acceptors (Lipinski definition) is 9. The Hall–Kier alpha value is -4.88. The summed E-state index contributed by atoms with van der Waals surface area (Å²) in [5.74, 6) is -3.70. The SMILES string of the molecule is CC(=O)N(Cc1cnc2nc(N)[nH]c(=O)c2n1)c1ccc(C(=O)NC(CCC(=O)O)C(=O)O)cc1. The molecule has 1 unspecified atom stereocenters. The molecule has 0 fully saturated rings. The summed E-state index contributed by atoms with van der Waals surface area (Å²) in [5.41, 5.74) is 5.75. The van der Waals surface area contributed by atoms with Crippen molar-refractivity contribution < 1.29 is 29.4 Å². The lowest BCUT2D eigenvalue weighted by molar-refractivity contribution is -0.140. The quantitative estimate of drug-likeness (QED) is 0.270. The smallest absolute Gasteiger partial charge is 0.326 e. The van der Waals surface area contributed by atoms with E-state index in [9.17, 15) is 29.1 Å². The van der Waals surface area contributed by atoms with E-state index in [1.807, 2.05) is 0 Å². The number of nitrogens with two attached hydrogens (primary N) is 1. The first-order valence-corrected chi connectivity index (χ1v) is 10.2. The van der Waals surface area contributed by atoms with Gasteiger partial charge < -0.3 is 26.2 Å². The van der Waals surface area contributed by atoms with Crippen LogP contribution in [-0.4, -0.2) is 59.9 Å². The number of anilines is 2. The molecule has 0 saturated carbocycles. The molecule has 35 heavy (non-hydrogen) atoms. The first kappa shape index (κ1) is 24.8. The van der Waals surface area contributed by atoms with Crippen LogP contribution in [0.4, 0.5) is 11.6 Å². The molecule has 2 amide bonds. The monoisotopic (exact) mass is 483 g/mol. The molecule has 2 heterocycles. The van der Waals surface area contributed by atoms with Gasteiger partial charge in [0.25, 0.3) is 11.5 Å². The summed E-state index contributed by atoms with van der Waals surface area (Å²) in [6.07, 6.45) is 0.663. The number of hydrogen-bond donors (Lipinski definition) is 5. The zero-order chi connectivity index (χ0) is 25.7. The highest BCUT2D eigenvalue weighted by molar-refractivity contribution is 5.98. The van der Waals surface area contributed by atoms with Crippen molar-refractivity contribution in [1.29, 1.82) is 0 Å². The van der Waals surface area contributed by atoms with Crippen molar-refractivity contribution in [3.05, 3.63) is 52.1 Å². The third-order valence-corrected chi connectivity index (χ3v) is 4.88. The highest BCUT2D eigenvalue weighted by Gasteiger charge is 2.22. The predicted molar refractivity (Wildman–Crippen MR) is 121 cm³/mol. The maximum atomic E-state index is 12.4. The number of H-pyrrole nitrogens is 1. The second-order valence-electron chi connectivity index (χ2n) is 7.43. The number of aromatic amines is 1. The number of nitrogens with one attached hydrogen (secondary N) is 2. The maximum absolute atomic E-state index is 12.4. The minimum absolute atomic E-state index is 0.0378. The molecule has 14 nitrogen and oxygen atoms in total.